The molecule has 1 rings (SSSR count). The molecule has 0 atom stereocenters. The van der Waals surface area contributed by atoms with Crippen LogP contribution in [0.2, 0.25) is 0 Å². The van der Waals surface area contributed by atoms with E-state index in [0.29, 0.717) is 30.4 Å². The Hall–Kier alpha value is -1.70. The monoisotopic (exact) mass is 353 g/mol. The molecule has 7 heteroatoms. The molecule has 0 fully saturated rings. The van der Waals surface area contributed by atoms with Crippen molar-refractivity contribution in [3.63, 3.8) is 0 Å². The summed E-state index contributed by atoms with van der Waals surface area (Å²) in [5, 5.41) is 6.58. The van der Waals surface area contributed by atoms with Crippen molar-refractivity contribution in [3.05, 3.63) is 29.8 Å². The van der Waals surface area contributed by atoms with Gasteiger partial charge in [-0.05, 0) is 49.6 Å². The number of likely N-dealkylation sites (N-methyl/N-ethyl adjacent to an activating group) is 1. The maximum atomic E-state index is 12.0. The molecule has 24 heavy (non-hydrogen) atoms. The second-order valence-electron chi connectivity index (χ2n) is 5.11. The molecule has 2 N–H and O–H groups in total. The van der Waals surface area contributed by atoms with Crippen LogP contribution in [0.5, 0.6) is 0 Å². The molecule has 0 bridgehead atoms. The Labute approximate surface area is 149 Å². The molecule has 0 aliphatic carbocycles. The van der Waals surface area contributed by atoms with E-state index >= 15 is 0 Å². The Morgan fingerprint density at radius 3 is 2.42 bits per heavy atom. The van der Waals surface area contributed by atoms with Gasteiger partial charge in [0.2, 0.25) is 0 Å². The van der Waals surface area contributed by atoms with Gasteiger partial charge in [-0.15, -0.1) is 0 Å². The minimum absolute atomic E-state index is 0.311. The van der Waals surface area contributed by atoms with Crippen molar-refractivity contribution in [2.45, 2.75) is 13.8 Å². The highest BCUT2D eigenvalue weighted by Gasteiger charge is 2.08. The quantitative estimate of drug-likeness (QED) is 0.379. The predicted molar refractivity (Wildman–Crippen MR) is 101 cm³/mol. The number of ether oxygens (including phenoxy) is 2. The van der Waals surface area contributed by atoms with Crippen molar-refractivity contribution in [2.75, 3.05) is 51.8 Å². The lowest BCUT2D eigenvalue weighted by Gasteiger charge is -2.17. The van der Waals surface area contributed by atoms with Gasteiger partial charge in [-0.2, -0.15) is 0 Å². The number of rotatable bonds is 10. The standard InChI is InChI=1S/C17H27N3O3S/c1-4-20(5-2)11-13-23-16(21)14-6-8-15(9-7-14)19-17(24)18-10-12-22-3/h6-9H,4-5,10-13H2,1-3H3,(H2,18,19,24). The minimum atomic E-state index is -0.311. The van der Waals surface area contributed by atoms with Gasteiger partial charge in [0.25, 0.3) is 0 Å². The van der Waals surface area contributed by atoms with Gasteiger partial charge in [-0.25, -0.2) is 4.79 Å². The number of hydrogen-bond acceptors (Lipinski definition) is 5. The van der Waals surface area contributed by atoms with E-state index in [1.54, 1.807) is 31.4 Å². The topological polar surface area (TPSA) is 62.8 Å². The van der Waals surface area contributed by atoms with E-state index < -0.39 is 0 Å². The number of nitrogens with zero attached hydrogens (tertiary/aromatic N) is 1. The van der Waals surface area contributed by atoms with E-state index in [2.05, 4.69) is 29.4 Å². The van der Waals surface area contributed by atoms with Gasteiger partial charge in [0.15, 0.2) is 5.11 Å². The van der Waals surface area contributed by atoms with Crippen LogP contribution in [0.4, 0.5) is 5.69 Å². The first-order valence-electron chi connectivity index (χ1n) is 8.14. The van der Waals surface area contributed by atoms with Crippen LogP contribution in [-0.2, 0) is 9.47 Å². The lowest BCUT2D eigenvalue weighted by Crippen LogP contribution is -2.31. The lowest BCUT2D eigenvalue weighted by molar-refractivity contribution is 0.0466. The molecule has 134 valence electrons. The Morgan fingerprint density at radius 2 is 1.83 bits per heavy atom. The Bertz CT molecular complexity index is 504. The van der Waals surface area contributed by atoms with Gasteiger partial charge in [0, 0.05) is 25.9 Å². The Balaban J connectivity index is 2.40. The minimum Gasteiger partial charge on any atom is -0.461 e. The average Bonchev–Trinajstić information content (AvgIpc) is 2.59. The van der Waals surface area contributed by atoms with Crippen molar-refractivity contribution in [1.82, 2.24) is 10.2 Å². The molecular weight excluding hydrogens is 326 g/mol. The number of carbonyl (C=O) groups excluding carboxylic acids is 1. The summed E-state index contributed by atoms with van der Waals surface area (Å²) in [5.41, 5.74) is 1.34. The summed E-state index contributed by atoms with van der Waals surface area (Å²) in [4.78, 5) is 14.2. The number of carbonyl (C=O) groups is 1. The van der Waals surface area contributed by atoms with Gasteiger partial charge < -0.3 is 25.0 Å². The molecule has 0 radical (unpaired) electrons. The molecule has 0 unspecified atom stereocenters. The Kier molecular flexibility index (Phi) is 9.98. The number of methoxy groups -OCH3 is 1. The second-order valence-corrected chi connectivity index (χ2v) is 5.52. The molecule has 0 saturated heterocycles. The first kappa shape index (κ1) is 20.3. The number of benzene rings is 1. The third kappa shape index (κ3) is 7.72. The van der Waals surface area contributed by atoms with Crippen molar-refractivity contribution in [3.8, 4) is 0 Å². The molecule has 0 spiro atoms. The van der Waals surface area contributed by atoms with Crippen LogP contribution in [0, 0.1) is 0 Å². The fraction of sp³-hybridized carbons (Fsp3) is 0.529. The van der Waals surface area contributed by atoms with Crippen LogP contribution < -0.4 is 10.6 Å². The van der Waals surface area contributed by atoms with Crippen molar-refractivity contribution in [1.29, 1.82) is 0 Å². The summed E-state index contributed by atoms with van der Waals surface area (Å²) in [6.07, 6.45) is 0. The lowest BCUT2D eigenvalue weighted by atomic mass is 10.2. The Morgan fingerprint density at radius 1 is 1.17 bits per heavy atom. The molecule has 0 aromatic heterocycles. The zero-order chi connectivity index (χ0) is 17.8. The number of hydrogen-bond donors (Lipinski definition) is 2. The molecule has 0 amide bonds. The largest absolute Gasteiger partial charge is 0.461 e. The third-order valence-electron chi connectivity index (χ3n) is 3.51. The zero-order valence-corrected chi connectivity index (χ0v) is 15.4. The van der Waals surface area contributed by atoms with E-state index in [4.69, 9.17) is 21.7 Å². The van der Waals surface area contributed by atoms with E-state index in [0.717, 1.165) is 25.3 Å². The van der Waals surface area contributed by atoms with Gasteiger partial charge in [0.1, 0.15) is 6.61 Å². The van der Waals surface area contributed by atoms with Crippen LogP contribution in [0.15, 0.2) is 24.3 Å². The van der Waals surface area contributed by atoms with Gasteiger partial charge in [-0.3, -0.25) is 0 Å². The van der Waals surface area contributed by atoms with Crippen LogP contribution in [0.3, 0.4) is 0 Å². The fourth-order valence-electron chi connectivity index (χ4n) is 2.02. The maximum Gasteiger partial charge on any atom is 0.338 e. The molecule has 0 aliphatic heterocycles. The molecule has 6 nitrogen and oxygen atoms in total. The summed E-state index contributed by atoms with van der Waals surface area (Å²) >= 11 is 5.16. The first-order valence-corrected chi connectivity index (χ1v) is 8.54. The predicted octanol–water partition coefficient (Wildman–Crippen LogP) is 2.12. The van der Waals surface area contributed by atoms with Gasteiger partial charge >= 0.3 is 5.97 Å². The number of nitrogens with one attached hydrogen (secondary N) is 2. The number of anilines is 1. The zero-order valence-electron chi connectivity index (χ0n) is 14.6. The summed E-state index contributed by atoms with van der Waals surface area (Å²) in [5.74, 6) is -0.311. The van der Waals surface area contributed by atoms with Crippen LogP contribution in [-0.4, -0.2) is 62.5 Å². The van der Waals surface area contributed by atoms with Crippen molar-refractivity contribution >= 4 is 29.0 Å². The SMILES string of the molecule is CCN(CC)CCOC(=O)c1ccc(NC(=S)NCCOC)cc1. The van der Waals surface area contributed by atoms with Crippen LogP contribution in [0.1, 0.15) is 24.2 Å². The average molecular weight is 353 g/mol. The maximum absolute atomic E-state index is 12.0. The highest BCUT2D eigenvalue weighted by molar-refractivity contribution is 7.80. The van der Waals surface area contributed by atoms with Crippen LogP contribution in [0.25, 0.3) is 0 Å². The molecule has 0 aliphatic rings. The fourth-order valence-corrected chi connectivity index (χ4v) is 2.24. The summed E-state index contributed by atoms with van der Waals surface area (Å²) in [6, 6.07) is 7.04. The van der Waals surface area contributed by atoms with Crippen molar-refractivity contribution in [2.24, 2.45) is 0 Å². The number of esters is 1. The third-order valence-corrected chi connectivity index (χ3v) is 3.75. The normalized spacial score (nSPS) is 10.5. The first-order chi connectivity index (χ1) is 11.6. The summed E-state index contributed by atoms with van der Waals surface area (Å²) < 4.78 is 10.2. The molecule has 1 aromatic rings. The summed E-state index contributed by atoms with van der Waals surface area (Å²) in [7, 11) is 1.64. The van der Waals surface area contributed by atoms with E-state index in [1.165, 1.54) is 0 Å². The van der Waals surface area contributed by atoms with Crippen molar-refractivity contribution < 1.29 is 14.3 Å². The van der Waals surface area contributed by atoms with Gasteiger partial charge in [-0.1, -0.05) is 13.8 Å². The second kappa shape index (κ2) is 11.8. The molecule has 0 saturated carbocycles. The smallest absolute Gasteiger partial charge is 0.338 e. The van der Waals surface area contributed by atoms with Crippen LogP contribution >= 0.6 is 12.2 Å². The molecule has 0 heterocycles. The van der Waals surface area contributed by atoms with Gasteiger partial charge in [0.05, 0.1) is 12.2 Å². The highest BCUT2D eigenvalue weighted by atomic mass is 32.1. The molecular formula is C17H27N3O3S. The molecule has 1 aromatic carbocycles. The van der Waals surface area contributed by atoms with E-state index in [9.17, 15) is 4.79 Å². The highest BCUT2D eigenvalue weighted by Crippen LogP contribution is 2.10. The van der Waals surface area contributed by atoms with E-state index in [1.807, 2.05) is 0 Å². The van der Waals surface area contributed by atoms with E-state index in [-0.39, 0.29) is 5.97 Å². The number of thiocarbonyl (C=S) groups is 1. The summed E-state index contributed by atoms with van der Waals surface area (Å²) in [6.45, 7) is 8.45.